The lowest BCUT2D eigenvalue weighted by atomic mass is 10.1. The van der Waals surface area contributed by atoms with E-state index in [4.69, 9.17) is 9.47 Å². The second-order valence-corrected chi connectivity index (χ2v) is 9.13. The summed E-state index contributed by atoms with van der Waals surface area (Å²) < 4.78 is 10.6. The summed E-state index contributed by atoms with van der Waals surface area (Å²) in [6.07, 6.45) is 1.63. The Bertz CT molecular complexity index is 1510. The van der Waals surface area contributed by atoms with Gasteiger partial charge in [0, 0.05) is 0 Å². The maximum absolute atomic E-state index is 13.0. The molecule has 7 heteroatoms. The van der Waals surface area contributed by atoms with Crippen LogP contribution in [-0.2, 0) is 11.3 Å². The van der Waals surface area contributed by atoms with E-state index in [9.17, 15) is 14.4 Å². The number of ether oxygens (including phenoxy) is 2. The van der Waals surface area contributed by atoms with Crippen LogP contribution in [0.4, 0.5) is 4.79 Å². The van der Waals surface area contributed by atoms with Crippen molar-refractivity contribution in [2.45, 2.75) is 6.54 Å². The predicted molar refractivity (Wildman–Crippen MR) is 140 cm³/mol. The molecular weight excluding hydrogens is 474 g/mol. The van der Waals surface area contributed by atoms with E-state index in [1.807, 2.05) is 42.5 Å². The number of methoxy groups -OCH3 is 1. The van der Waals surface area contributed by atoms with Gasteiger partial charge in [-0.25, -0.2) is 4.79 Å². The largest absolute Gasteiger partial charge is 0.497 e. The molecule has 1 saturated heterocycles. The van der Waals surface area contributed by atoms with Crippen LogP contribution in [0.5, 0.6) is 11.5 Å². The Morgan fingerprint density at radius 3 is 2.42 bits per heavy atom. The maximum atomic E-state index is 13.0. The molecule has 4 aromatic rings. The molecule has 0 bridgehead atoms. The summed E-state index contributed by atoms with van der Waals surface area (Å²) in [5.41, 5.74) is 1.91. The monoisotopic (exact) mass is 495 g/mol. The van der Waals surface area contributed by atoms with Gasteiger partial charge in [-0.3, -0.25) is 14.5 Å². The molecule has 1 fully saturated rings. The third kappa shape index (κ3) is 5.01. The average molecular weight is 496 g/mol. The summed E-state index contributed by atoms with van der Waals surface area (Å²) in [7, 11) is 1.55. The summed E-state index contributed by atoms with van der Waals surface area (Å²) in [4.78, 5) is 39.7. The van der Waals surface area contributed by atoms with E-state index in [2.05, 4.69) is 0 Å². The molecule has 0 aliphatic carbocycles. The molecule has 5 rings (SSSR count). The minimum Gasteiger partial charge on any atom is -0.497 e. The number of benzene rings is 4. The Morgan fingerprint density at radius 2 is 1.64 bits per heavy atom. The molecule has 178 valence electrons. The van der Waals surface area contributed by atoms with Gasteiger partial charge >= 0.3 is 5.97 Å². The molecule has 0 spiro atoms. The standard InChI is InChI=1S/C29H21NO5S/c1-34-24-13-11-22(12-14-24)28(32)35-25-8-4-5-19(16-25)17-26-27(31)30(29(33)36-26)18-20-9-10-21-6-2-3-7-23(21)15-20/h2-17H,18H2,1H3/b26-17-. The quantitative estimate of drug-likeness (QED) is 0.177. The number of hydrogen-bond donors (Lipinski definition) is 0. The number of carbonyl (C=O) groups is 3. The van der Waals surface area contributed by atoms with Crippen LogP contribution in [0, 0.1) is 0 Å². The smallest absolute Gasteiger partial charge is 0.343 e. The second kappa shape index (κ2) is 10.1. The van der Waals surface area contributed by atoms with Crippen LogP contribution < -0.4 is 9.47 Å². The van der Waals surface area contributed by atoms with Crippen LogP contribution in [0.2, 0.25) is 0 Å². The molecule has 4 aromatic carbocycles. The molecule has 0 aromatic heterocycles. The number of nitrogens with zero attached hydrogens (tertiary/aromatic N) is 1. The normalized spacial score (nSPS) is 14.5. The third-order valence-corrected chi connectivity index (χ3v) is 6.63. The molecule has 1 aliphatic heterocycles. The van der Waals surface area contributed by atoms with Gasteiger partial charge < -0.3 is 9.47 Å². The van der Waals surface area contributed by atoms with E-state index in [0.717, 1.165) is 28.1 Å². The van der Waals surface area contributed by atoms with Crippen molar-refractivity contribution < 1.29 is 23.9 Å². The highest BCUT2D eigenvalue weighted by molar-refractivity contribution is 8.18. The van der Waals surface area contributed by atoms with Gasteiger partial charge in [-0.2, -0.15) is 0 Å². The average Bonchev–Trinajstić information content (AvgIpc) is 3.16. The van der Waals surface area contributed by atoms with E-state index in [1.54, 1.807) is 61.7 Å². The summed E-state index contributed by atoms with van der Waals surface area (Å²) in [6.45, 7) is 0.201. The molecule has 1 heterocycles. The fourth-order valence-electron chi connectivity index (χ4n) is 3.87. The first-order valence-electron chi connectivity index (χ1n) is 11.2. The van der Waals surface area contributed by atoms with Gasteiger partial charge in [-0.1, -0.05) is 48.5 Å². The lowest BCUT2D eigenvalue weighted by Gasteiger charge is -2.13. The first-order chi connectivity index (χ1) is 17.5. The van der Waals surface area contributed by atoms with Crippen molar-refractivity contribution in [3.63, 3.8) is 0 Å². The van der Waals surface area contributed by atoms with E-state index in [1.165, 1.54) is 4.90 Å². The highest BCUT2D eigenvalue weighted by Crippen LogP contribution is 2.34. The molecule has 0 unspecified atom stereocenters. The van der Waals surface area contributed by atoms with Gasteiger partial charge in [0.25, 0.3) is 11.1 Å². The second-order valence-electron chi connectivity index (χ2n) is 8.14. The van der Waals surface area contributed by atoms with Crippen LogP contribution >= 0.6 is 11.8 Å². The molecule has 2 amide bonds. The molecule has 0 atom stereocenters. The van der Waals surface area contributed by atoms with Crippen molar-refractivity contribution in [1.29, 1.82) is 0 Å². The summed E-state index contributed by atoms with van der Waals surface area (Å²) in [5.74, 6) is 0.118. The number of hydrogen-bond acceptors (Lipinski definition) is 6. The minimum atomic E-state index is -0.509. The Hall–Kier alpha value is -4.36. The summed E-state index contributed by atoms with van der Waals surface area (Å²) >= 11 is 0.899. The van der Waals surface area contributed by atoms with Gasteiger partial charge in [-0.15, -0.1) is 0 Å². The molecule has 1 aliphatic rings. The van der Waals surface area contributed by atoms with Crippen molar-refractivity contribution in [3.05, 3.63) is 113 Å². The van der Waals surface area contributed by atoms with Crippen LogP contribution in [0.15, 0.2) is 95.9 Å². The topological polar surface area (TPSA) is 72.9 Å². The number of amides is 2. The number of imide groups is 1. The highest BCUT2D eigenvalue weighted by atomic mass is 32.2. The Kier molecular flexibility index (Phi) is 6.56. The molecule has 36 heavy (non-hydrogen) atoms. The van der Waals surface area contributed by atoms with Crippen molar-refractivity contribution >= 4 is 45.7 Å². The number of carbonyl (C=O) groups excluding carboxylic acids is 3. The van der Waals surface area contributed by atoms with Crippen LogP contribution in [-0.4, -0.2) is 29.1 Å². The lowest BCUT2D eigenvalue weighted by Crippen LogP contribution is -2.27. The molecule has 0 saturated carbocycles. The van der Waals surface area contributed by atoms with E-state index in [-0.39, 0.29) is 17.7 Å². The Labute approximate surface area is 212 Å². The fourth-order valence-corrected chi connectivity index (χ4v) is 4.71. The third-order valence-electron chi connectivity index (χ3n) is 5.72. The van der Waals surface area contributed by atoms with Crippen molar-refractivity contribution in [2.75, 3.05) is 7.11 Å². The Balaban J connectivity index is 1.30. The Morgan fingerprint density at radius 1 is 0.861 bits per heavy atom. The number of fused-ring (bicyclic) bond motifs is 1. The van der Waals surface area contributed by atoms with Gasteiger partial charge in [0.2, 0.25) is 0 Å². The van der Waals surface area contributed by atoms with Crippen molar-refractivity contribution in [1.82, 2.24) is 4.90 Å². The molecule has 6 nitrogen and oxygen atoms in total. The predicted octanol–water partition coefficient (Wildman–Crippen LogP) is 6.30. The van der Waals surface area contributed by atoms with Gasteiger partial charge in [0.05, 0.1) is 24.1 Å². The molecular formula is C29H21NO5S. The molecule has 0 N–H and O–H groups in total. The summed E-state index contributed by atoms with van der Waals surface area (Å²) in [6, 6.07) is 27.3. The number of thioether (sulfide) groups is 1. The number of esters is 1. The van der Waals surface area contributed by atoms with Gasteiger partial charge in [0.1, 0.15) is 11.5 Å². The first-order valence-corrected chi connectivity index (χ1v) is 12.0. The minimum absolute atomic E-state index is 0.201. The van der Waals surface area contributed by atoms with E-state index >= 15 is 0 Å². The van der Waals surface area contributed by atoms with Crippen LogP contribution in [0.1, 0.15) is 21.5 Å². The first kappa shape index (κ1) is 23.4. The van der Waals surface area contributed by atoms with Crippen molar-refractivity contribution in [3.8, 4) is 11.5 Å². The van der Waals surface area contributed by atoms with Crippen LogP contribution in [0.25, 0.3) is 16.8 Å². The lowest BCUT2D eigenvalue weighted by molar-refractivity contribution is -0.123. The zero-order valence-corrected chi connectivity index (χ0v) is 20.2. The summed E-state index contributed by atoms with van der Waals surface area (Å²) in [5, 5.41) is 1.84. The molecule has 0 radical (unpaired) electrons. The van der Waals surface area contributed by atoms with Crippen LogP contribution in [0.3, 0.4) is 0 Å². The maximum Gasteiger partial charge on any atom is 0.343 e. The fraction of sp³-hybridized carbons (Fsp3) is 0.0690. The van der Waals surface area contributed by atoms with E-state index in [0.29, 0.717) is 27.5 Å². The van der Waals surface area contributed by atoms with Gasteiger partial charge in [-0.05, 0) is 82.2 Å². The zero-order valence-electron chi connectivity index (χ0n) is 19.3. The number of rotatable bonds is 6. The zero-order chi connectivity index (χ0) is 25.1. The SMILES string of the molecule is COc1ccc(C(=O)Oc2cccc(/C=C3\SC(=O)N(Cc4ccc5ccccc5c4)C3=O)c2)cc1. The van der Waals surface area contributed by atoms with Gasteiger partial charge in [0.15, 0.2) is 0 Å². The van der Waals surface area contributed by atoms with Crippen molar-refractivity contribution in [2.24, 2.45) is 0 Å². The highest BCUT2D eigenvalue weighted by Gasteiger charge is 2.35. The van der Waals surface area contributed by atoms with E-state index < -0.39 is 5.97 Å².